The summed E-state index contributed by atoms with van der Waals surface area (Å²) < 4.78 is 4.00. The lowest BCUT2D eigenvalue weighted by atomic mass is 10.2. The molecule has 0 bridgehead atoms. The van der Waals surface area contributed by atoms with Crippen molar-refractivity contribution in [3.05, 3.63) is 41.5 Å². The zero-order chi connectivity index (χ0) is 13.1. The van der Waals surface area contributed by atoms with E-state index in [1.54, 1.807) is 6.20 Å². The van der Waals surface area contributed by atoms with Crippen molar-refractivity contribution in [1.82, 2.24) is 14.3 Å². The van der Waals surface area contributed by atoms with E-state index >= 15 is 0 Å². The lowest BCUT2D eigenvalue weighted by Crippen LogP contribution is -2.11. The Kier molecular flexibility index (Phi) is 3.87. The molecule has 0 aliphatic heterocycles. The number of rotatable bonds is 5. The summed E-state index contributed by atoms with van der Waals surface area (Å²) in [5.41, 5.74) is 2.78. The molecule has 0 atom stereocenters. The van der Waals surface area contributed by atoms with Crippen LogP contribution in [-0.2, 0) is 13.1 Å². The van der Waals surface area contributed by atoms with Gasteiger partial charge in [0, 0.05) is 35.9 Å². The number of nitrogens with zero attached hydrogens (tertiary/aromatic N) is 3. The van der Waals surface area contributed by atoms with E-state index in [2.05, 4.69) is 9.67 Å². The standard InChI is InChI=1S/C13H16ClN3O/c1-10-8-12(13(18)9-14)11(2)17(10)7-6-16-5-3-4-15-16/h3-5,8H,6-7,9H2,1-2H3. The number of alkyl halides is 1. The van der Waals surface area contributed by atoms with Crippen molar-refractivity contribution in [1.29, 1.82) is 0 Å². The number of ketones is 1. The predicted octanol–water partition coefficient (Wildman–Crippen LogP) is 2.42. The average Bonchev–Trinajstić information content (AvgIpc) is 2.96. The second-order valence-electron chi connectivity index (χ2n) is 4.26. The minimum atomic E-state index is -0.0184. The number of Topliss-reactive ketones (excluding diaryl/α,β-unsaturated/α-hetero) is 1. The van der Waals surface area contributed by atoms with Crippen molar-refractivity contribution in [3.63, 3.8) is 0 Å². The van der Waals surface area contributed by atoms with Crippen molar-refractivity contribution < 1.29 is 4.79 Å². The molecule has 2 heterocycles. The number of aryl methyl sites for hydroxylation is 2. The zero-order valence-electron chi connectivity index (χ0n) is 10.6. The topological polar surface area (TPSA) is 39.8 Å². The highest BCUT2D eigenvalue weighted by atomic mass is 35.5. The molecule has 0 aliphatic carbocycles. The van der Waals surface area contributed by atoms with Crippen LogP contribution in [0.15, 0.2) is 24.5 Å². The molecule has 5 heteroatoms. The lowest BCUT2D eigenvalue weighted by molar-refractivity contribution is 0.102. The minimum Gasteiger partial charge on any atom is -0.347 e. The zero-order valence-corrected chi connectivity index (χ0v) is 11.3. The molecule has 0 spiro atoms. The maximum Gasteiger partial charge on any atom is 0.179 e. The molecule has 0 saturated heterocycles. The predicted molar refractivity (Wildman–Crippen MR) is 71.2 cm³/mol. The lowest BCUT2D eigenvalue weighted by Gasteiger charge is -2.09. The van der Waals surface area contributed by atoms with Gasteiger partial charge in [-0.3, -0.25) is 9.48 Å². The number of carbonyl (C=O) groups is 1. The fourth-order valence-corrected chi connectivity index (χ4v) is 2.28. The first-order valence-corrected chi connectivity index (χ1v) is 6.40. The van der Waals surface area contributed by atoms with Gasteiger partial charge in [0.15, 0.2) is 5.78 Å². The van der Waals surface area contributed by atoms with E-state index in [-0.39, 0.29) is 11.7 Å². The van der Waals surface area contributed by atoms with Crippen LogP contribution in [0.25, 0.3) is 0 Å². The third-order valence-corrected chi connectivity index (χ3v) is 3.35. The summed E-state index contributed by atoms with van der Waals surface area (Å²) in [7, 11) is 0. The van der Waals surface area contributed by atoms with Crippen LogP contribution in [0.5, 0.6) is 0 Å². The van der Waals surface area contributed by atoms with Crippen LogP contribution in [0, 0.1) is 13.8 Å². The molecular weight excluding hydrogens is 250 g/mol. The summed E-state index contributed by atoms with van der Waals surface area (Å²) in [6.07, 6.45) is 3.69. The summed E-state index contributed by atoms with van der Waals surface area (Å²) in [5, 5.41) is 4.16. The molecule has 0 radical (unpaired) electrons. The second-order valence-corrected chi connectivity index (χ2v) is 4.53. The Morgan fingerprint density at radius 3 is 2.78 bits per heavy atom. The van der Waals surface area contributed by atoms with Crippen LogP contribution in [0.1, 0.15) is 21.7 Å². The summed E-state index contributed by atoms with van der Waals surface area (Å²) in [5.74, 6) is 0.0128. The Hall–Kier alpha value is -1.55. The molecule has 2 rings (SSSR count). The van der Waals surface area contributed by atoms with Gasteiger partial charge >= 0.3 is 0 Å². The summed E-state index contributed by atoms with van der Waals surface area (Å²) >= 11 is 5.61. The molecule has 0 aromatic carbocycles. The summed E-state index contributed by atoms with van der Waals surface area (Å²) in [4.78, 5) is 11.7. The third-order valence-electron chi connectivity index (χ3n) is 3.11. The van der Waals surface area contributed by atoms with E-state index in [1.165, 1.54) is 0 Å². The highest BCUT2D eigenvalue weighted by Gasteiger charge is 2.14. The van der Waals surface area contributed by atoms with E-state index in [0.29, 0.717) is 0 Å². The van der Waals surface area contributed by atoms with Gasteiger partial charge in [-0.1, -0.05) is 0 Å². The first-order chi connectivity index (χ1) is 8.63. The fraction of sp³-hybridized carbons (Fsp3) is 0.385. The molecular formula is C13H16ClN3O. The van der Waals surface area contributed by atoms with Crippen molar-refractivity contribution >= 4 is 17.4 Å². The molecule has 4 nitrogen and oxygen atoms in total. The Bertz CT molecular complexity index is 543. The number of hydrogen-bond donors (Lipinski definition) is 0. The first-order valence-electron chi connectivity index (χ1n) is 5.87. The maximum absolute atomic E-state index is 11.7. The van der Waals surface area contributed by atoms with Gasteiger partial charge in [0.1, 0.15) is 0 Å². The SMILES string of the molecule is Cc1cc(C(=O)CCl)c(C)n1CCn1cccn1. The molecule has 2 aromatic heterocycles. The van der Waals surface area contributed by atoms with Crippen LogP contribution in [0.3, 0.4) is 0 Å². The number of halogens is 1. The molecule has 2 aromatic rings. The highest BCUT2D eigenvalue weighted by Crippen LogP contribution is 2.16. The van der Waals surface area contributed by atoms with Gasteiger partial charge in [-0.25, -0.2) is 0 Å². The Morgan fingerprint density at radius 1 is 1.39 bits per heavy atom. The van der Waals surface area contributed by atoms with E-state index in [0.717, 1.165) is 30.0 Å². The van der Waals surface area contributed by atoms with Gasteiger partial charge in [-0.15, -0.1) is 11.6 Å². The number of carbonyl (C=O) groups excluding carboxylic acids is 1. The van der Waals surface area contributed by atoms with Crippen LogP contribution in [0.2, 0.25) is 0 Å². The highest BCUT2D eigenvalue weighted by molar-refractivity contribution is 6.30. The van der Waals surface area contributed by atoms with E-state index in [4.69, 9.17) is 11.6 Å². The second kappa shape index (κ2) is 5.40. The van der Waals surface area contributed by atoms with Crippen LogP contribution >= 0.6 is 11.6 Å². The molecule has 0 amide bonds. The molecule has 0 unspecified atom stereocenters. The molecule has 0 fully saturated rings. The molecule has 18 heavy (non-hydrogen) atoms. The van der Waals surface area contributed by atoms with Gasteiger partial charge in [-0.2, -0.15) is 5.10 Å². The Morgan fingerprint density at radius 2 is 2.17 bits per heavy atom. The molecule has 0 saturated carbocycles. The van der Waals surface area contributed by atoms with Crippen molar-refractivity contribution in [2.45, 2.75) is 26.9 Å². The quantitative estimate of drug-likeness (QED) is 0.615. The van der Waals surface area contributed by atoms with Crippen LogP contribution < -0.4 is 0 Å². The van der Waals surface area contributed by atoms with Crippen molar-refractivity contribution in [2.24, 2.45) is 0 Å². The van der Waals surface area contributed by atoms with Gasteiger partial charge < -0.3 is 4.57 Å². The van der Waals surface area contributed by atoms with Crippen molar-refractivity contribution in [2.75, 3.05) is 5.88 Å². The summed E-state index contributed by atoms with van der Waals surface area (Å²) in [6.45, 7) is 5.55. The minimum absolute atomic E-state index is 0.0184. The van der Waals surface area contributed by atoms with Gasteiger partial charge in [0.25, 0.3) is 0 Å². The summed E-state index contributed by atoms with van der Waals surface area (Å²) in [6, 6.07) is 3.81. The molecule has 0 aliphatic rings. The van der Waals surface area contributed by atoms with Crippen LogP contribution in [0.4, 0.5) is 0 Å². The van der Waals surface area contributed by atoms with E-state index in [9.17, 15) is 4.79 Å². The number of hydrogen-bond acceptors (Lipinski definition) is 2. The first kappa shape index (κ1) is 12.9. The van der Waals surface area contributed by atoms with E-state index in [1.807, 2.05) is 36.9 Å². The maximum atomic E-state index is 11.7. The smallest absolute Gasteiger partial charge is 0.179 e. The molecule has 96 valence electrons. The van der Waals surface area contributed by atoms with E-state index < -0.39 is 0 Å². The average molecular weight is 266 g/mol. The van der Waals surface area contributed by atoms with Gasteiger partial charge in [-0.05, 0) is 26.0 Å². The van der Waals surface area contributed by atoms with Crippen molar-refractivity contribution in [3.8, 4) is 0 Å². The Balaban J connectivity index is 2.18. The third kappa shape index (κ3) is 2.48. The fourth-order valence-electron chi connectivity index (χ4n) is 2.13. The monoisotopic (exact) mass is 265 g/mol. The van der Waals surface area contributed by atoms with Crippen LogP contribution in [-0.4, -0.2) is 26.0 Å². The Labute approximate surface area is 111 Å². The molecule has 0 N–H and O–H groups in total. The van der Waals surface area contributed by atoms with Gasteiger partial charge in [0.2, 0.25) is 0 Å². The largest absolute Gasteiger partial charge is 0.347 e. The number of aromatic nitrogens is 3. The van der Waals surface area contributed by atoms with Gasteiger partial charge in [0.05, 0.1) is 12.4 Å². The normalized spacial score (nSPS) is 10.8.